The third kappa shape index (κ3) is 4.17. The van der Waals surface area contributed by atoms with Gasteiger partial charge in [-0.3, -0.25) is 14.6 Å². The highest BCUT2D eigenvalue weighted by molar-refractivity contribution is 5.92. The van der Waals surface area contributed by atoms with Gasteiger partial charge in [0.15, 0.2) is 0 Å². The first-order valence-corrected chi connectivity index (χ1v) is 7.91. The summed E-state index contributed by atoms with van der Waals surface area (Å²) in [5.74, 6) is 0.164. The molecule has 0 spiro atoms. The molecule has 0 bridgehead atoms. The monoisotopic (exact) mass is 338 g/mol. The van der Waals surface area contributed by atoms with Crippen molar-refractivity contribution in [1.82, 2.24) is 30.6 Å². The maximum atomic E-state index is 12.0. The average molecular weight is 338 g/mol. The number of carbonyl (C=O) groups is 2. The maximum absolute atomic E-state index is 12.0. The molecular weight excluding hydrogens is 320 g/mol. The Morgan fingerprint density at radius 2 is 2.08 bits per heavy atom. The van der Waals surface area contributed by atoms with Crippen LogP contribution in [0.4, 0.5) is 0 Å². The number of para-hydroxylation sites is 2. The third-order valence-corrected chi connectivity index (χ3v) is 3.63. The predicted octanol–water partition coefficient (Wildman–Crippen LogP) is 1.35. The van der Waals surface area contributed by atoms with E-state index >= 15 is 0 Å². The molecule has 1 atom stereocenters. The number of aromatic amines is 1. The zero-order valence-corrected chi connectivity index (χ0v) is 13.7. The molecule has 2 heterocycles. The Balaban J connectivity index is 1.48. The van der Waals surface area contributed by atoms with E-state index in [4.69, 9.17) is 0 Å². The molecule has 3 N–H and O–H groups in total. The molecule has 2 aromatic heterocycles. The highest BCUT2D eigenvalue weighted by Gasteiger charge is 2.14. The van der Waals surface area contributed by atoms with E-state index in [-0.39, 0.29) is 36.5 Å². The fourth-order valence-electron chi connectivity index (χ4n) is 2.36. The molecule has 0 aliphatic heterocycles. The minimum atomic E-state index is -0.355. The maximum Gasteiger partial charge on any atom is 0.271 e. The Kier molecular flexibility index (Phi) is 4.98. The summed E-state index contributed by atoms with van der Waals surface area (Å²) in [4.78, 5) is 39.2. The fourth-order valence-corrected chi connectivity index (χ4v) is 2.36. The van der Waals surface area contributed by atoms with E-state index in [2.05, 4.69) is 30.6 Å². The number of aromatic nitrogens is 4. The number of amides is 2. The minimum absolute atomic E-state index is 0.163. The van der Waals surface area contributed by atoms with Gasteiger partial charge in [-0.05, 0) is 19.1 Å². The number of hydrogen-bond donors (Lipinski definition) is 3. The summed E-state index contributed by atoms with van der Waals surface area (Å²) in [6, 6.07) is 7.42. The van der Waals surface area contributed by atoms with Crippen molar-refractivity contribution in [1.29, 1.82) is 0 Å². The molecule has 8 heteroatoms. The number of carbonyl (C=O) groups excluding carboxylic acids is 2. The average Bonchev–Trinajstić information content (AvgIpc) is 3.06. The van der Waals surface area contributed by atoms with Crippen molar-refractivity contribution in [3.8, 4) is 0 Å². The van der Waals surface area contributed by atoms with Crippen LogP contribution in [-0.2, 0) is 4.79 Å². The van der Waals surface area contributed by atoms with E-state index in [1.54, 1.807) is 0 Å². The molecule has 25 heavy (non-hydrogen) atoms. The van der Waals surface area contributed by atoms with Crippen LogP contribution in [0.3, 0.4) is 0 Å². The van der Waals surface area contributed by atoms with Crippen molar-refractivity contribution in [2.24, 2.45) is 0 Å². The zero-order valence-electron chi connectivity index (χ0n) is 13.7. The largest absolute Gasteiger partial charge is 0.350 e. The summed E-state index contributed by atoms with van der Waals surface area (Å²) >= 11 is 0. The minimum Gasteiger partial charge on any atom is -0.350 e. The summed E-state index contributed by atoms with van der Waals surface area (Å²) in [6.07, 6.45) is 4.47. The van der Waals surface area contributed by atoms with Crippen LogP contribution in [0, 0.1) is 0 Å². The summed E-state index contributed by atoms with van der Waals surface area (Å²) in [5, 5.41) is 5.50. The summed E-state index contributed by atoms with van der Waals surface area (Å²) in [7, 11) is 0. The number of nitrogens with zero attached hydrogens (tertiary/aromatic N) is 3. The molecule has 0 fully saturated rings. The Hall–Kier alpha value is -3.29. The van der Waals surface area contributed by atoms with E-state index in [0.29, 0.717) is 5.82 Å². The van der Waals surface area contributed by atoms with Gasteiger partial charge in [-0.2, -0.15) is 0 Å². The molecule has 128 valence electrons. The molecule has 3 aromatic rings. The van der Waals surface area contributed by atoms with E-state index < -0.39 is 0 Å². The molecule has 2 amide bonds. The van der Waals surface area contributed by atoms with E-state index in [1.165, 1.54) is 18.6 Å². The van der Waals surface area contributed by atoms with E-state index in [1.807, 2.05) is 31.2 Å². The van der Waals surface area contributed by atoms with Gasteiger partial charge in [0.05, 0.1) is 23.3 Å². The van der Waals surface area contributed by atoms with Crippen molar-refractivity contribution in [3.05, 3.63) is 54.4 Å². The van der Waals surface area contributed by atoms with Gasteiger partial charge in [0.25, 0.3) is 5.91 Å². The summed E-state index contributed by atoms with van der Waals surface area (Å²) in [5.41, 5.74) is 2.00. The first kappa shape index (κ1) is 16.6. The Bertz CT molecular complexity index is 844. The SMILES string of the molecule is C[C@H](NC(=O)CCNC(=O)c1cnccn1)c1nc2ccccc2[nH]1. The van der Waals surface area contributed by atoms with Gasteiger partial charge in [0.1, 0.15) is 11.5 Å². The highest BCUT2D eigenvalue weighted by atomic mass is 16.2. The standard InChI is InChI=1S/C17H18N6O2/c1-11(16-22-12-4-2-3-5-13(12)23-16)21-15(24)6-7-20-17(25)14-10-18-8-9-19-14/h2-5,8-11H,6-7H2,1H3,(H,20,25)(H,21,24)(H,22,23)/t11-/m0/s1. The highest BCUT2D eigenvalue weighted by Crippen LogP contribution is 2.15. The quantitative estimate of drug-likeness (QED) is 0.628. The van der Waals surface area contributed by atoms with E-state index in [9.17, 15) is 9.59 Å². The van der Waals surface area contributed by atoms with Crippen LogP contribution in [0.1, 0.15) is 35.7 Å². The summed E-state index contributed by atoms with van der Waals surface area (Å²) in [6.45, 7) is 2.07. The second-order valence-electron chi connectivity index (χ2n) is 5.52. The second-order valence-corrected chi connectivity index (χ2v) is 5.52. The van der Waals surface area contributed by atoms with Crippen LogP contribution in [0.2, 0.25) is 0 Å². The molecular formula is C17H18N6O2. The number of benzene rings is 1. The van der Waals surface area contributed by atoms with Crippen LogP contribution < -0.4 is 10.6 Å². The first-order valence-electron chi connectivity index (χ1n) is 7.91. The Morgan fingerprint density at radius 1 is 1.24 bits per heavy atom. The Morgan fingerprint density at radius 3 is 2.84 bits per heavy atom. The second kappa shape index (κ2) is 7.52. The fraction of sp³-hybridized carbons (Fsp3) is 0.235. The van der Waals surface area contributed by atoms with Crippen molar-refractivity contribution in [3.63, 3.8) is 0 Å². The summed E-state index contributed by atoms with van der Waals surface area (Å²) < 4.78 is 0. The molecule has 8 nitrogen and oxygen atoms in total. The molecule has 0 unspecified atom stereocenters. The lowest BCUT2D eigenvalue weighted by Crippen LogP contribution is -2.32. The lowest BCUT2D eigenvalue weighted by Gasteiger charge is -2.11. The van der Waals surface area contributed by atoms with Crippen LogP contribution in [-0.4, -0.2) is 38.3 Å². The van der Waals surface area contributed by atoms with Crippen LogP contribution in [0.15, 0.2) is 42.9 Å². The topological polar surface area (TPSA) is 113 Å². The smallest absolute Gasteiger partial charge is 0.271 e. The van der Waals surface area contributed by atoms with Crippen LogP contribution >= 0.6 is 0 Å². The van der Waals surface area contributed by atoms with Crippen molar-refractivity contribution in [2.45, 2.75) is 19.4 Å². The van der Waals surface area contributed by atoms with Gasteiger partial charge in [-0.15, -0.1) is 0 Å². The number of imidazole rings is 1. The lowest BCUT2D eigenvalue weighted by molar-refractivity contribution is -0.121. The van der Waals surface area contributed by atoms with Gasteiger partial charge < -0.3 is 15.6 Å². The Labute approximate surface area is 144 Å². The first-order chi connectivity index (χ1) is 12.1. The number of nitrogens with one attached hydrogen (secondary N) is 3. The molecule has 1 aromatic carbocycles. The van der Waals surface area contributed by atoms with Gasteiger partial charge in [-0.1, -0.05) is 12.1 Å². The zero-order chi connectivity index (χ0) is 17.6. The van der Waals surface area contributed by atoms with Crippen LogP contribution in [0.25, 0.3) is 11.0 Å². The molecule has 0 aliphatic rings. The number of H-pyrrole nitrogens is 1. The van der Waals surface area contributed by atoms with E-state index in [0.717, 1.165) is 11.0 Å². The normalized spacial score (nSPS) is 11.9. The van der Waals surface area contributed by atoms with Crippen molar-refractivity contribution < 1.29 is 9.59 Å². The number of rotatable bonds is 6. The van der Waals surface area contributed by atoms with Crippen molar-refractivity contribution >= 4 is 22.8 Å². The predicted molar refractivity (Wildman–Crippen MR) is 91.6 cm³/mol. The van der Waals surface area contributed by atoms with Gasteiger partial charge in [-0.25, -0.2) is 9.97 Å². The molecule has 0 saturated heterocycles. The number of hydrogen-bond acceptors (Lipinski definition) is 5. The lowest BCUT2D eigenvalue weighted by atomic mass is 10.3. The molecule has 3 rings (SSSR count). The van der Waals surface area contributed by atoms with Gasteiger partial charge in [0.2, 0.25) is 5.91 Å². The molecule has 0 aliphatic carbocycles. The van der Waals surface area contributed by atoms with Gasteiger partial charge >= 0.3 is 0 Å². The third-order valence-electron chi connectivity index (χ3n) is 3.63. The number of fused-ring (bicyclic) bond motifs is 1. The molecule has 0 radical (unpaired) electrons. The van der Waals surface area contributed by atoms with Crippen molar-refractivity contribution in [2.75, 3.05) is 6.54 Å². The van der Waals surface area contributed by atoms with Gasteiger partial charge in [0, 0.05) is 25.4 Å². The molecule has 0 saturated carbocycles. The van der Waals surface area contributed by atoms with Crippen LogP contribution in [0.5, 0.6) is 0 Å².